The van der Waals surface area contributed by atoms with E-state index in [1.165, 1.54) is 23.3 Å². The Morgan fingerprint density at radius 3 is 2.55 bits per heavy atom. The molecule has 0 spiro atoms. The minimum atomic E-state index is 0.809. The third kappa shape index (κ3) is 3.42. The summed E-state index contributed by atoms with van der Waals surface area (Å²) in [4.78, 5) is 13.2. The van der Waals surface area contributed by atoms with Crippen molar-refractivity contribution >= 4 is 22.1 Å². The van der Waals surface area contributed by atoms with Gasteiger partial charge in [-0.15, -0.1) is 0 Å². The van der Waals surface area contributed by atoms with Crippen LogP contribution in [0.15, 0.2) is 72.8 Å². The minimum absolute atomic E-state index is 0.809. The molecule has 0 aliphatic heterocycles. The molecule has 5 rings (SSSR count). The van der Waals surface area contributed by atoms with Gasteiger partial charge >= 0.3 is 0 Å². The Morgan fingerprint density at radius 1 is 0.862 bits per heavy atom. The predicted molar refractivity (Wildman–Crippen MR) is 119 cm³/mol. The summed E-state index contributed by atoms with van der Waals surface area (Å²) in [5, 5.41) is 0. The largest absolute Gasteiger partial charge is 0.338 e. The Morgan fingerprint density at radius 2 is 1.69 bits per heavy atom. The highest BCUT2D eigenvalue weighted by molar-refractivity contribution is 5.80. The molecule has 0 saturated carbocycles. The van der Waals surface area contributed by atoms with Crippen molar-refractivity contribution < 1.29 is 0 Å². The smallest absolute Gasteiger partial charge is 0.138 e. The average Bonchev–Trinajstić information content (AvgIpc) is 3.34. The topological polar surface area (TPSA) is 46.5 Å². The molecule has 0 fully saturated rings. The maximum Gasteiger partial charge on any atom is 0.138 e. The first-order valence-electron chi connectivity index (χ1n) is 10.3. The second-order valence-electron chi connectivity index (χ2n) is 7.51. The van der Waals surface area contributed by atoms with Crippen LogP contribution in [0, 0.1) is 0 Å². The lowest BCUT2D eigenvalue weighted by Gasteiger charge is -2.09. The summed E-state index contributed by atoms with van der Waals surface area (Å²) in [5.41, 5.74) is 6.68. The zero-order chi connectivity index (χ0) is 19.6. The van der Waals surface area contributed by atoms with Gasteiger partial charge in [-0.2, -0.15) is 0 Å². The van der Waals surface area contributed by atoms with Crippen LogP contribution in [-0.2, 0) is 13.0 Å². The normalized spacial score (nSPS) is 11.5. The Kier molecular flexibility index (Phi) is 4.60. The molecule has 3 aromatic carbocycles. The van der Waals surface area contributed by atoms with E-state index in [2.05, 4.69) is 71.1 Å². The number of unbranched alkanes of at least 4 members (excludes halogenated alkanes) is 1. The van der Waals surface area contributed by atoms with Gasteiger partial charge in [0.05, 0.1) is 22.1 Å². The van der Waals surface area contributed by atoms with E-state index in [9.17, 15) is 0 Å². The van der Waals surface area contributed by atoms with Gasteiger partial charge in [0, 0.05) is 18.5 Å². The lowest BCUT2D eigenvalue weighted by molar-refractivity contribution is 0.690. The maximum absolute atomic E-state index is 4.89. The molecule has 0 bridgehead atoms. The third-order valence-electron chi connectivity index (χ3n) is 5.42. The summed E-state index contributed by atoms with van der Waals surface area (Å²) < 4.78 is 2.36. The van der Waals surface area contributed by atoms with E-state index in [1.54, 1.807) is 0 Å². The Balaban J connectivity index is 1.52. The van der Waals surface area contributed by atoms with Crippen LogP contribution in [0.5, 0.6) is 0 Å². The lowest BCUT2D eigenvalue weighted by atomic mass is 10.2. The van der Waals surface area contributed by atoms with Crippen LogP contribution in [0.1, 0.15) is 31.2 Å². The van der Waals surface area contributed by atoms with E-state index < -0.39 is 0 Å². The summed E-state index contributed by atoms with van der Waals surface area (Å²) in [6, 6.07) is 25.2. The highest BCUT2D eigenvalue weighted by Crippen LogP contribution is 2.23. The lowest BCUT2D eigenvalue weighted by Crippen LogP contribution is -2.05. The molecule has 4 nitrogen and oxygen atoms in total. The molecule has 2 aromatic heterocycles. The first kappa shape index (κ1) is 17.7. The number of hydrogen-bond donors (Lipinski definition) is 1. The number of benzene rings is 3. The van der Waals surface area contributed by atoms with Gasteiger partial charge in [0.1, 0.15) is 11.6 Å². The molecule has 29 heavy (non-hydrogen) atoms. The second-order valence-corrected chi connectivity index (χ2v) is 7.51. The molecular formula is C25H24N4. The number of fused-ring (bicyclic) bond motifs is 2. The van der Waals surface area contributed by atoms with E-state index >= 15 is 0 Å². The standard InChI is InChI=1S/C25H24N4/c1-2-3-13-24-26-21-11-7-8-12-23(21)29(24)17-18-14-15-20-22(16-18)28-25(27-20)19-9-5-4-6-10-19/h4-12,14-16H,2-3,13,17H2,1H3,(H,27,28). The van der Waals surface area contributed by atoms with Crippen molar-refractivity contribution in [2.45, 2.75) is 32.7 Å². The van der Waals surface area contributed by atoms with Crippen molar-refractivity contribution in [1.82, 2.24) is 19.5 Å². The van der Waals surface area contributed by atoms with Crippen molar-refractivity contribution in [3.63, 3.8) is 0 Å². The fraction of sp³-hybridized carbons (Fsp3) is 0.200. The number of rotatable bonds is 6. The van der Waals surface area contributed by atoms with E-state index in [1.807, 2.05) is 18.2 Å². The SMILES string of the molecule is CCCCc1nc2ccccc2n1Cc1ccc2[nH]c(-c3ccccc3)nc2c1. The number of aromatic amines is 1. The van der Waals surface area contributed by atoms with Gasteiger partial charge < -0.3 is 9.55 Å². The van der Waals surface area contributed by atoms with Gasteiger partial charge in [0.25, 0.3) is 0 Å². The summed E-state index contributed by atoms with van der Waals surface area (Å²) in [5.74, 6) is 2.08. The molecular weight excluding hydrogens is 356 g/mol. The molecule has 0 radical (unpaired) electrons. The molecule has 0 aliphatic carbocycles. The number of H-pyrrole nitrogens is 1. The fourth-order valence-corrected chi connectivity index (χ4v) is 3.89. The van der Waals surface area contributed by atoms with Crippen molar-refractivity contribution in [3.8, 4) is 11.4 Å². The Hall–Kier alpha value is -3.40. The first-order valence-corrected chi connectivity index (χ1v) is 10.3. The Bertz CT molecular complexity index is 1260. The second kappa shape index (κ2) is 7.55. The van der Waals surface area contributed by atoms with Crippen LogP contribution in [0.3, 0.4) is 0 Å². The summed E-state index contributed by atoms with van der Waals surface area (Å²) in [6.45, 7) is 3.03. The minimum Gasteiger partial charge on any atom is -0.338 e. The number of aromatic nitrogens is 4. The summed E-state index contributed by atoms with van der Waals surface area (Å²) >= 11 is 0. The maximum atomic E-state index is 4.89. The van der Waals surface area contributed by atoms with Crippen LogP contribution in [-0.4, -0.2) is 19.5 Å². The van der Waals surface area contributed by atoms with Crippen LogP contribution < -0.4 is 0 Å². The van der Waals surface area contributed by atoms with E-state index in [4.69, 9.17) is 9.97 Å². The molecule has 0 aliphatic rings. The number of nitrogens with one attached hydrogen (secondary N) is 1. The van der Waals surface area contributed by atoms with Crippen LogP contribution in [0.2, 0.25) is 0 Å². The monoisotopic (exact) mass is 380 g/mol. The summed E-state index contributed by atoms with van der Waals surface area (Å²) in [6.07, 6.45) is 3.33. The molecule has 2 heterocycles. The Labute approximate surface area is 170 Å². The number of para-hydroxylation sites is 2. The van der Waals surface area contributed by atoms with Crippen molar-refractivity contribution in [1.29, 1.82) is 0 Å². The average molecular weight is 380 g/mol. The fourth-order valence-electron chi connectivity index (χ4n) is 3.89. The van der Waals surface area contributed by atoms with Gasteiger partial charge in [-0.1, -0.05) is 61.9 Å². The van der Waals surface area contributed by atoms with Crippen molar-refractivity contribution in [2.24, 2.45) is 0 Å². The number of hydrogen-bond acceptors (Lipinski definition) is 2. The number of aryl methyl sites for hydroxylation is 1. The molecule has 0 amide bonds. The van der Waals surface area contributed by atoms with E-state index in [0.29, 0.717) is 0 Å². The molecule has 144 valence electrons. The highest BCUT2D eigenvalue weighted by Gasteiger charge is 2.12. The highest BCUT2D eigenvalue weighted by atomic mass is 15.1. The van der Waals surface area contributed by atoms with Crippen LogP contribution >= 0.6 is 0 Å². The van der Waals surface area contributed by atoms with Gasteiger partial charge in [0.15, 0.2) is 0 Å². The zero-order valence-electron chi connectivity index (χ0n) is 16.6. The molecule has 0 saturated heterocycles. The van der Waals surface area contributed by atoms with Gasteiger partial charge in [-0.3, -0.25) is 0 Å². The van der Waals surface area contributed by atoms with Crippen molar-refractivity contribution in [2.75, 3.05) is 0 Å². The van der Waals surface area contributed by atoms with Gasteiger partial charge in [-0.25, -0.2) is 9.97 Å². The quantitative estimate of drug-likeness (QED) is 0.394. The van der Waals surface area contributed by atoms with E-state index in [-0.39, 0.29) is 0 Å². The van der Waals surface area contributed by atoms with Gasteiger partial charge in [-0.05, 0) is 36.2 Å². The zero-order valence-corrected chi connectivity index (χ0v) is 16.6. The number of imidazole rings is 2. The van der Waals surface area contributed by atoms with Gasteiger partial charge in [0.2, 0.25) is 0 Å². The van der Waals surface area contributed by atoms with E-state index in [0.717, 1.165) is 47.3 Å². The van der Waals surface area contributed by atoms with Crippen LogP contribution in [0.25, 0.3) is 33.5 Å². The predicted octanol–water partition coefficient (Wildman–Crippen LogP) is 5.97. The molecule has 4 heteroatoms. The molecule has 0 unspecified atom stereocenters. The molecule has 5 aromatic rings. The van der Waals surface area contributed by atoms with Crippen LogP contribution in [0.4, 0.5) is 0 Å². The summed E-state index contributed by atoms with van der Waals surface area (Å²) in [7, 11) is 0. The molecule has 1 N–H and O–H groups in total. The third-order valence-corrected chi connectivity index (χ3v) is 5.42. The number of nitrogens with zero attached hydrogens (tertiary/aromatic N) is 3. The van der Waals surface area contributed by atoms with Crippen molar-refractivity contribution in [3.05, 3.63) is 84.2 Å². The molecule has 0 atom stereocenters. The first-order chi connectivity index (χ1) is 14.3.